The number of rotatable bonds is 8. The summed E-state index contributed by atoms with van der Waals surface area (Å²) in [7, 11) is 1.30. The number of amides is 3. The molecule has 11 heteroatoms. The van der Waals surface area contributed by atoms with Gasteiger partial charge in [0.15, 0.2) is 0 Å². The summed E-state index contributed by atoms with van der Waals surface area (Å²) in [6.07, 6.45) is 5.20. The smallest absolute Gasteiger partial charge is 0.410 e. The summed E-state index contributed by atoms with van der Waals surface area (Å²) in [5, 5.41) is 2.70. The minimum absolute atomic E-state index is 0.0223. The molecule has 0 saturated carbocycles. The fourth-order valence-electron chi connectivity index (χ4n) is 7.79. The van der Waals surface area contributed by atoms with E-state index < -0.39 is 17.7 Å². The first-order valence-corrected chi connectivity index (χ1v) is 19.0. The number of alkyl carbamates (subject to hydrolysis) is 1. The Labute approximate surface area is 317 Å². The number of nitrogens with zero attached hydrogens (tertiary/aromatic N) is 4. The first kappa shape index (κ1) is 36.9. The number of hydrogen-bond acceptors (Lipinski definition) is 7. The van der Waals surface area contributed by atoms with Gasteiger partial charge in [0.2, 0.25) is 5.91 Å². The highest BCUT2D eigenvalue weighted by Crippen LogP contribution is 2.36. The predicted molar refractivity (Wildman–Crippen MR) is 210 cm³/mol. The highest BCUT2D eigenvalue weighted by Gasteiger charge is 2.38. The van der Waals surface area contributed by atoms with Crippen LogP contribution in [0.2, 0.25) is 0 Å². The number of methoxy groups -OCH3 is 1. The molecule has 4 aromatic rings. The Bertz CT molecular complexity index is 2050. The maximum Gasteiger partial charge on any atom is 0.410 e. The Hall–Kier alpha value is -5.45. The van der Waals surface area contributed by atoms with E-state index in [2.05, 4.69) is 82.0 Å². The zero-order chi connectivity index (χ0) is 38.1. The van der Waals surface area contributed by atoms with E-state index in [0.717, 1.165) is 82.8 Å². The van der Waals surface area contributed by atoms with E-state index in [-0.39, 0.29) is 30.0 Å². The maximum atomic E-state index is 13.5. The summed E-state index contributed by atoms with van der Waals surface area (Å²) in [6, 6.07) is 22.5. The summed E-state index contributed by atoms with van der Waals surface area (Å²) >= 11 is 0. The molecule has 7 rings (SSSR count). The van der Waals surface area contributed by atoms with Gasteiger partial charge in [-0.1, -0.05) is 68.4 Å². The molecule has 54 heavy (non-hydrogen) atoms. The van der Waals surface area contributed by atoms with Gasteiger partial charge in [0, 0.05) is 25.2 Å². The first-order valence-electron chi connectivity index (χ1n) is 19.0. The van der Waals surface area contributed by atoms with E-state index in [1.54, 1.807) is 0 Å². The van der Waals surface area contributed by atoms with Crippen LogP contribution in [0.1, 0.15) is 77.7 Å². The van der Waals surface area contributed by atoms with Gasteiger partial charge in [-0.3, -0.25) is 14.7 Å². The van der Waals surface area contributed by atoms with Crippen LogP contribution in [-0.2, 0) is 20.7 Å². The van der Waals surface area contributed by atoms with Gasteiger partial charge in [-0.15, -0.1) is 0 Å². The van der Waals surface area contributed by atoms with Crippen LogP contribution in [0.4, 0.5) is 15.3 Å². The number of ether oxygens (including phenoxy) is 2. The Morgan fingerprint density at radius 3 is 2.06 bits per heavy atom. The fourth-order valence-corrected chi connectivity index (χ4v) is 7.79. The van der Waals surface area contributed by atoms with Crippen molar-refractivity contribution in [3.63, 3.8) is 0 Å². The highest BCUT2D eigenvalue weighted by atomic mass is 16.6. The summed E-state index contributed by atoms with van der Waals surface area (Å²) < 4.78 is 10.4. The van der Waals surface area contributed by atoms with Gasteiger partial charge in [0.05, 0.1) is 36.8 Å². The van der Waals surface area contributed by atoms with Crippen molar-refractivity contribution in [2.75, 3.05) is 20.2 Å². The molecular formula is C43H50N6O5. The Morgan fingerprint density at radius 1 is 0.833 bits per heavy atom. The van der Waals surface area contributed by atoms with Crippen LogP contribution in [-0.4, -0.2) is 81.5 Å². The Morgan fingerprint density at radius 2 is 1.43 bits per heavy atom. The topological polar surface area (TPSA) is 129 Å². The fraction of sp³-hybridized carbons (Fsp3) is 0.419. The lowest BCUT2D eigenvalue weighted by molar-refractivity contribution is -0.135. The van der Waals surface area contributed by atoms with Crippen LogP contribution in [0.5, 0.6) is 0 Å². The van der Waals surface area contributed by atoms with Crippen molar-refractivity contribution in [1.82, 2.24) is 25.1 Å². The molecule has 2 fully saturated rings. The number of fused-ring (bicyclic) bond motifs is 1. The van der Waals surface area contributed by atoms with Crippen molar-refractivity contribution in [2.45, 2.75) is 90.4 Å². The van der Waals surface area contributed by atoms with Gasteiger partial charge in [-0.2, -0.15) is 0 Å². The number of benzene rings is 3. The average molecular weight is 731 g/mol. The largest absolute Gasteiger partial charge is 0.453 e. The molecule has 3 aromatic carbocycles. The molecule has 3 aliphatic rings. The Balaban J connectivity index is 0.992. The molecule has 2 saturated heterocycles. The number of imidazole rings is 1. The average Bonchev–Trinajstić information content (AvgIpc) is 3.98. The number of aromatic amines is 1. The minimum Gasteiger partial charge on any atom is -0.453 e. The van der Waals surface area contributed by atoms with Crippen LogP contribution in [0.3, 0.4) is 0 Å². The predicted octanol–water partition coefficient (Wildman–Crippen LogP) is 8.48. The third kappa shape index (κ3) is 7.76. The van der Waals surface area contributed by atoms with Gasteiger partial charge < -0.3 is 24.7 Å². The molecule has 3 atom stereocenters. The molecule has 11 nitrogen and oxygen atoms in total. The summed E-state index contributed by atoms with van der Waals surface area (Å²) in [4.78, 5) is 55.2. The summed E-state index contributed by atoms with van der Waals surface area (Å²) in [5.74, 6) is 0.523. The van der Waals surface area contributed by atoms with Crippen molar-refractivity contribution >= 4 is 29.5 Å². The van der Waals surface area contributed by atoms with Crippen LogP contribution in [0, 0.1) is 5.92 Å². The van der Waals surface area contributed by atoms with E-state index in [4.69, 9.17) is 14.5 Å². The lowest BCUT2D eigenvalue weighted by Crippen LogP contribution is -2.51. The van der Waals surface area contributed by atoms with Gasteiger partial charge in [-0.05, 0) is 97.9 Å². The van der Waals surface area contributed by atoms with Gasteiger partial charge in [0.25, 0.3) is 0 Å². The number of nitrogens with one attached hydrogen (secondary N) is 2. The van der Waals surface area contributed by atoms with E-state index in [1.165, 1.54) is 12.7 Å². The number of carbonyl (C=O) groups excluding carboxylic acids is 3. The third-order valence-electron chi connectivity index (χ3n) is 10.6. The molecule has 0 bridgehead atoms. The zero-order valence-electron chi connectivity index (χ0n) is 32.0. The van der Waals surface area contributed by atoms with Crippen LogP contribution < -0.4 is 5.32 Å². The molecule has 1 aromatic heterocycles. The zero-order valence-corrected chi connectivity index (χ0v) is 32.0. The SMILES string of the molecule is COC(=O)N[C@H](C(=O)N1CCC[C@H]1c1ncc(-c2ccc(-c3ccc(-c4ccc5c(c4)CC([C@@H]4CCCN4C(=O)OC(C)(C)C)=N5)cc3)cc2)[nH]1)C(C)C. The number of aliphatic imine (C=N–C) groups is 1. The van der Waals surface area contributed by atoms with Gasteiger partial charge in [-0.25, -0.2) is 14.6 Å². The van der Waals surface area contributed by atoms with E-state index in [9.17, 15) is 14.4 Å². The van der Waals surface area contributed by atoms with E-state index >= 15 is 0 Å². The van der Waals surface area contributed by atoms with Crippen molar-refractivity contribution in [1.29, 1.82) is 0 Å². The molecule has 0 unspecified atom stereocenters. The molecule has 2 N–H and O–H groups in total. The molecule has 0 spiro atoms. The summed E-state index contributed by atoms with van der Waals surface area (Å²) in [5.41, 5.74) is 9.05. The monoisotopic (exact) mass is 730 g/mol. The van der Waals surface area contributed by atoms with E-state index in [0.29, 0.717) is 13.1 Å². The molecule has 0 aliphatic carbocycles. The van der Waals surface area contributed by atoms with E-state index in [1.807, 2.05) is 50.6 Å². The maximum absolute atomic E-state index is 13.5. The second-order valence-electron chi connectivity index (χ2n) is 15.8. The normalized spacial score (nSPS) is 18.8. The molecule has 3 amide bonds. The standard InChI is InChI=1S/C43H50N6O5/c1-26(2)38(47-41(51)53-6)40(50)48-21-8-10-37(48)39-44-25-35(46-39)30-17-15-28(16-18-30)27-11-13-29(14-12-27)31-19-20-33-32(23-31)24-34(45-33)36-9-7-22-49(36)42(52)54-43(3,4)5/h11-20,23,25-26,36-38H,7-10,21-22,24H2,1-6H3,(H,44,46)(H,47,51)/t36-,37-,38-/m0/s1. The van der Waals surface area contributed by atoms with Crippen LogP contribution in [0.25, 0.3) is 33.5 Å². The van der Waals surface area contributed by atoms with Crippen molar-refractivity contribution in [2.24, 2.45) is 10.9 Å². The molecule has 4 heterocycles. The molecule has 0 radical (unpaired) electrons. The number of carbonyl (C=O) groups is 3. The van der Waals surface area contributed by atoms with Crippen molar-refractivity contribution < 1.29 is 23.9 Å². The Kier molecular flexibility index (Phi) is 10.3. The molecular weight excluding hydrogens is 681 g/mol. The highest BCUT2D eigenvalue weighted by molar-refractivity contribution is 6.00. The van der Waals surface area contributed by atoms with Crippen LogP contribution in [0.15, 0.2) is 77.9 Å². The lowest BCUT2D eigenvalue weighted by atomic mass is 9.96. The van der Waals surface area contributed by atoms with Gasteiger partial charge >= 0.3 is 12.2 Å². The molecule has 282 valence electrons. The number of hydrogen-bond donors (Lipinski definition) is 2. The lowest BCUT2D eigenvalue weighted by Gasteiger charge is -2.30. The second kappa shape index (κ2) is 15.1. The first-order chi connectivity index (χ1) is 25.9. The number of aromatic nitrogens is 2. The van der Waals surface area contributed by atoms with Crippen molar-refractivity contribution in [3.8, 4) is 33.5 Å². The quantitative estimate of drug-likeness (QED) is 0.187. The second-order valence-corrected chi connectivity index (χ2v) is 15.8. The minimum atomic E-state index is -0.674. The van der Waals surface area contributed by atoms with Crippen molar-refractivity contribution in [3.05, 3.63) is 84.3 Å². The number of likely N-dealkylation sites (tertiary alicyclic amines) is 2. The van der Waals surface area contributed by atoms with Crippen LogP contribution >= 0.6 is 0 Å². The van der Waals surface area contributed by atoms with Gasteiger partial charge in [0.1, 0.15) is 17.5 Å². The summed E-state index contributed by atoms with van der Waals surface area (Å²) in [6.45, 7) is 10.8. The number of H-pyrrole nitrogens is 1. The third-order valence-corrected chi connectivity index (χ3v) is 10.6. The molecule has 3 aliphatic heterocycles.